The fourth-order valence-corrected chi connectivity index (χ4v) is 0.871. The predicted octanol–water partition coefficient (Wildman–Crippen LogP) is -1.01. The topological polar surface area (TPSA) is 94.0 Å². The van der Waals surface area contributed by atoms with Gasteiger partial charge in [-0.3, -0.25) is 14.9 Å². The van der Waals surface area contributed by atoms with Gasteiger partial charge in [0, 0.05) is 6.54 Å². The van der Waals surface area contributed by atoms with E-state index < -0.39 is 0 Å². The Morgan fingerprint density at radius 3 is 2.25 bits per heavy atom. The summed E-state index contributed by atoms with van der Waals surface area (Å²) in [6, 6.07) is 1.79. The van der Waals surface area contributed by atoms with E-state index in [-0.39, 0.29) is 31.4 Å². The lowest BCUT2D eigenvalue weighted by Crippen LogP contribution is -2.40. The summed E-state index contributed by atoms with van der Waals surface area (Å²) in [4.78, 5) is 22.2. The van der Waals surface area contributed by atoms with Crippen LogP contribution in [0.4, 0.5) is 0 Å². The van der Waals surface area contributed by atoms with Crippen LogP contribution in [0.5, 0.6) is 0 Å². The van der Waals surface area contributed by atoms with Crippen molar-refractivity contribution in [2.45, 2.75) is 13.8 Å². The Bertz CT molecular complexity index is 270. The third-order valence-electron chi connectivity index (χ3n) is 1.64. The molecule has 0 spiro atoms. The molecule has 0 unspecified atom stereocenters. The molecular formula is C10H18N4O2. The molecule has 0 aliphatic heterocycles. The van der Waals surface area contributed by atoms with Crippen molar-refractivity contribution in [3.63, 3.8) is 0 Å². The molecule has 90 valence electrons. The molecular weight excluding hydrogens is 208 g/mol. The van der Waals surface area contributed by atoms with Crippen LogP contribution in [0.3, 0.4) is 0 Å². The van der Waals surface area contributed by atoms with Gasteiger partial charge in [0.2, 0.25) is 11.8 Å². The molecule has 6 heteroatoms. The van der Waals surface area contributed by atoms with E-state index in [1.54, 1.807) is 6.07 Å². The monoisotopic (exact) mass is 226 g/mol. The van der Waals surface area contributed by atoms with E-state index in [1.165, 1.54) is 0 Å². The summed E-state index contributed by atoms with van der Waals surface area (Å²) < 4.78 is 0. The van der Waals surface area contributed by atoms with Crippen LogP contribution < -0.4 is 16.0 Å². The first-order valence-corrected chi connectivity index (χ1v) is 5.17. The summed E-state index contributed by atoms with van der Waals surface area (Å²) >= 11 is 0. The maximum absolute atomic E-state index is 11.2. The van der Waals surface area contributed by atoms with Gasteiger partial charge in [0.25, 0.3) is 0 Å². The molecule has 0 saturated carbocycles. The molecule has 0 aromatic rings. The third-order valence-corrected chi connectivity index (χ3v) is 1.64. The largest absolute Gasteiger partial charge is 0.355 e. The number of nitrogens with zero attached hydrogens (tertiary/aromatic N) is 1. The molecule has 0 atom stereocenters. The van der Waals surface area contributed by atoms with Crippen LogP contribution in [0.1, 0.15) is 13.8 Å². The molecule has 0 radical (unpaired) electrons. The van der Waals surface area contributed by atoms with Crippen molar-refractivity contribution in [2.75, 3.05) is 26.2 Å². The van der Waals surface area contributed by atoms with E-state index in [1.807, 2.05) is 13.8 Å². The first-order valence-electron chi connectivity index (χ1n) is 5.17. The van der Waals surface area contributed by atoms with Gasteiger partial charge < -0.3 is 10.6 Å². The average molecular weight is 226 g/mol. The molecule has 0 aromatic carbocycles. The molecule has 0 aliphatic carbocycles. The fourth-order valence-electron chi connectivity index (χ4n) is 0.871. The molecule has 0 fully saturated rings. The van der Waals surface area contributed by atoms with Gasteiger partial charge in [-0.15, -0.1) is 0 Å². The maximum atomic E-state index is 11.2. The highest BCUT2D eigenvalue weighted by molar-refractivity contribution is 5.81. The van der Waals surface area contributed by atoms with Crippen LogP contribution in [0.25, 0.3) is 0 Å². The molecule has 0 heterocycles. The van der Waals surface area contributed by atoms with Crippen molar-refractivity contribution in [1.29, 1.82) is 5.26 Å². The summed E-state index contributed by atoms with van der Waals surface area (Å²) in [5.74, 6) is -0.0251. The van der Waals surface area contributed by atoms with Gasteiger partial charge in [-0.05, 0) is 5.92 Å². The van der Waals surface area contributed by atoms with E-state index >= 15 is 0 Å². The number of amides is 2. The van der Waals surface area contributed by atoms with Gasteiger partial charge in [-0.25, -0.2) is 0 Å². The average Bonchev–Trinajstić information content (AvgIpc) is 2.23. The third kappa shape index (κ3) is 8.97. The van der Waals surface area contributed by atoms with Crippen LogP contribution in [-0.4, -0.2) is 38.0 Å². The summed E-state index contributed by atoms with van der Waals surface area (Å²) in [6.07, 6.45) is 0. The van der Waals surface area contributed by atoms with Gasteiger partial charge in [0.05, 0.1) is 19.2 Å². The maximum Gasteiger partial charge on any atom is 0.234 e. The highest BCUT2D eigenvalue weighted by Crippen LogP contribution is 1.85. The van der Waals surface area contributed by atoms with Crippen molar-refractivity contribution in [3.05, 3.63) is 0 Å². The number of hydrogen-bond acceptors (Lipinski definition) is 4. The molecule has 0 aromatic heterocycles. The normalized spacial score (nSPS) is 9.62. The van der Waals surface area contributed by atoms with Crippen LogP contribution >= 0.6 is 0 Å². The molecule has 2 amide bonds. The summed E-state index contributed by atoms with van der Waals surface area (Å²) in [7, 11) is 0. The van der Waals surface area contributed by atoms with Crippen LogP contribution in [0.2, 0.25) is 0 Å². The van der Waals surface area contributed by atoms with Crippen LogP contribution in [0.15, 0.2) is 0 Å². The zero-order chi connectivity index (χ0) is 12.4. The van der Waals surface area contributed by atoms with Gasteiger partial charge >= 0.3 is 0 Å². The van der Waals surface area contributed by atoms with E-state index in [9.17, 15) is 9.59 Å². The second kappa shape index (κ2) is 8.68. The molecule has 0 bridgehead atoms. The summed E-state index contributed by atoms with van der Waals surface area (Å²) in [6.45, 7) is 4.76. The molecule has 6 nitrogen and oxygen atoms in total. The molecule has 0 saturated heterocycles. The molecule has 3 N–H and O–H groups in total. The summed E-state index contributed by atoms with van der Waals surface area (Å²) in [5.41, 5.74) is 0. The van der Waals surface area contributed by atoms with Gasteiger partial charge in [0.1, 0.15) is 6.54 Å². The molecule has 0 rings (SSSR count). The van der Waals surface area contributed by atoms with Gasteiger partial charge in [-0.2, -0.15) is 5.26 Å². The van der Waals surface area contributed by atoms with Gasteiger partial charge in [-0.1, -0.05) is 13.8 Å². The van der Waals surface area contributed by atoms with E-state index in [2.05, 4.69) is 16.0 Å². The van der Waals surface area contributed by atoms with Crippen molar-refractivity contribution in [2.24, 2.45) is 5.92 Å². The lowest BCUT2D eigenvalue weighted by Gasteiger charge is -2.08. The van der Waals surface area contributed by atoms with Crippen molar-refractivity contribution >= 4 is 11.8 Å². The number of rotatable bonds is 7. The molecule has 0 aliphatic rings. The highest BCUT2D eigenvalue weighted by atomic mass is 16.2. The van der Waals surface area contributed by atoms with Crippen LogP contribution in [-0.2, 0) is 9.59 Å². The van der Waals surface area contributed by atoms with E-state index in [0.29, 0.717) is 12.5 Å². The van der Waals surface area contributed by atoms with Crippen molar-refractivity contribution < 1.29 is 9.59 Å². The van der Waals surface area contributed by atoms with E-state index in [4.69, 9.17) is 5.26 Å². The SMILES string of the molecule is CC(C)CNC(=O)CNCC(=O)NCC#N. The Kier molecular flexibility index (Phi) is 7.81. The Labute approximate surface area is 95.4 Å². The summed E-state index contributed by atoms with van der Waals surface area (Å²) in [5, 5.41) is 16.0. The predicted molar refractivity (Wildman–Crippen MR) is 59.3 cm³/mol. The Morgan fingerprint density at radius 1 is 1.19 bits per heavy atom. The Balaban J connectivity index is 3.47. The highest BCUT2D eigenvalue weighted by Gasteiger charge is 2.03. The first kappa shape index (κ1) is 14.4. The zero-order valence-corrected chi connectivity index (χ0v) is 9.67. The zero-order valence-electron chi connectivity index (χ0n) is 9.67. The number of carbonyl (C=O) groups is 2. The number of nitrogens with one attached hydrogen (secondary N) is 3. The lowest BCUT2D eigenvalue weighted by atomic mass is 10.2. The second-order valence-corrected chi connectivity index (χ2v) is 3.74. The van der Waals surface area contributed by atoms with Gasteiger partial charge in [0.15, 0.2) is 0 Å². The van der Waals surface area contributed by atoms with E-state index in [0.717, 1.165) is 0 Å². The Morgan fingerprint density at radius 2 is 1.75 bits per heavy atom. The second-order valence-electron chi connectivity index (χ2n) is 3.74. The fraction of sp³-hybridized carbons (Fsp3) is 0.700. The van der Waals surface area contributed by atoms with Crippen LogP contribution in [0, 0.1) is 17.2 Å². The number of nitriles is 1. The van der Waals surface area contributed by atoms with Crippen molar-refractivity contribution in [3.8, 4) is 6.07 Å². The Hall–Kier alpha value is -1.61. The standard InChI is InChI=1S/C10H18N4O2/c1-8(2)5-14-10(16)7-12-6-9(15)13-4-3-11/h8,12H,4-7H2,1-2H3,(H,13,15)(H,14,16). The number of carbonyl (C=O) groups excluding carboxylic acids is 2. The minimum absolute atomic E-state index is 0.0138. The smallest absolute Gasteiger partial charge is 0.234 e. The minimum atomic E-state index is -0.293. The minimum Gasteiger partial charge on any atom is -0.355 e. The molecule has 16 heavy (non-hydrogen) atoms. The first-order chi connectivity index (χ1) is 7.56. The lowest BCUT2D eigenvalue weighted by molar-refractivity contribution is -0.121. The number of hydrogen-bond donors (Lipinski definition) is 3. The quantitative estimate of drug-likeness (QED) is 0.485. The van der Waals surface area contributed by atoms with Crippen molar-refractivity contribution in [1.82, 2.24) is 16.0 Å².